The normalized spacial score (nSPS) is 21.6. The van der Waals surface area contributed by atoms with Crippen LogP contribution in [-0.4, -0.2) is 64.7 Å². The molecule has 0 fully saturated rings. The van der Waals surface area contributed by atoms with Crippen LogP contribution in [0.25, 0.3) is 5.57 Å². The third-order valence-electron chi connectivity index (χ3n) is 7.02. The van der Waals surface area contributed by atoms with E-state index in [1.54, 1.807) is 17.0 Å². The highest BCUT2D eigenvalue weighted by Gasteiger charge is 2.34. The van der Waals surface area contributed by atoms with Crippen molar-refractivity contribution in [2.24, 2.45) is 5.92 Å². The lowest BCUT2D eigenvalue weighted by molar-refractivity contribution is 0.0325. The number of ether oxygens (including phenoxy) is 1. The van der Waals surface area contributed by atoms with Crippen LogP contribution in [0.2, 0.25) is 0 Å². The van der Waals surface area contributed by atoms with E-state index in [4.69, 9.17) is 4.74 Å². The highest BCUT2D eigenvalue weighted by molar-refractivity contribution is 5.97. The van der Waals surface area contributed by atoms with Crippen molar-refractivity contribution in [1.29, 1.82) is 0 Å². The number of rotatable bonds is 7. The highest BCUT2D eigenvalue weighted by Crippen LogP contribution is 2.32. The Kier molecular flexibility index (Phi) is 8.19. The molecule has 2 aliphatic rings. The van der Waals surface area contributed by atoms with Gasteiger partial charge in [0.25, 0.3) is 5.91 Å². The first kappa shape index (κ1) is 25.3. The number of benzene rings is 1. The number of allylic oxidation sites excluding steroid dienone is 2. The summed E-state index contributed by atoms with van der Waals surface area (Å²) in [6.45, 7) is 5.42. The standard InChI is InChI=1S/C28H36FN3O3/c1-19-15-32(20(2)18-33)28(34)25-13-23(22-9-5-4-6-10-22)14-30-27(25)35-26(19)17-31(3)16-21-8-7-11-24(29)12-21/h7-9,11-14,19-20,26,33H,4-6,10,15-18H2,1-3H3/t19-,20+,26+/m1/s1. The van der Waals surface area contributed by atoms with Gasteiger partial charge in [-0.15, -0.1) is 0 Å². The second kappa shape index (κ2) is 11.3. The first-order valence-corrected chi connectivity index (χ1v) is 12.6. The minimum atomic E-state index is -0.320. The third-order valence-corrected chi connectivity index (χ3v) is 7.02. The number of fused-ring (bicyclic) bond motifs is 1. The summed E-state index contributed by atoms with van der Waals surface area (Å²) in [5.41, 5.74) is 3.52. The molecule has 1 aliphatic heterocycles. The van der Waals surface area contributed by atoms with Crippen LogP contribution in [0.15, 0.2) is 42.6 Å². The van der Waals surface area contributed by atoms with Gasteiger partial charge in [-0.3, -0.25) is 9.69 Å². The molecule has 1 aromatic heterocycles. The molecule has 2 heterocycles. The van der Waals surface area contributed by atoms with E-state index in [0.717, 1.165) is 30.4 Å². The predicted octanol–water partition coefficient (Wildman–Crippen LogP) is 4.53. The smallest absolute Gasteiger partial charge is 0.259 e. The largest absolute Gasteiger partial charge is 0.472 e. The summed E-state index contributed by atoms with van der Waals surface area (Å²) in [7, 11) is 1.98. The number of hydrogen-bond donors (Lipinski definition) is 1. The molecule has 2 aromatic rings. The number of nitrogens with zero attached hydrogens (tertiary/aromatic N) is 3. The maximum Gasteiger partial charge on any atom is 0.259 e. The number of aromatic nitrogens is 1. The highest BCUT2D eigenvalue weighted by atomic mass is 19.1. The topological polar surface area (TPSA) is 65.9 Å². The Labute approximate surface area is 207 Å². The SMILES string of the molecule is C[C@@H]1CN([C@@H](C)CO)C(=O)c2cc(C3=CCCCC3)cnc2O[C@H]1CN(C)Cc1cccc(F)c1. The lowest BCUT2D eigenvalue weighted by Crippen LogP contribution is -2.49. The molecular formula is C28H36FN3O3. The summed E-state index contributed by atoms with van der Waals surface area (Å²) < 4.78 is 20.0. The van der Waals surface area contributed by atoms with E-state index in [1.807, 2.05) is 32.3 Å². The molecule has 188 valence electrons. The number of hydrogen-bond acceptors (Lipinski definition) is 5. The van der Waals surface area contributed by atoms with E-state index in [1.165, 1.54) is 18.1 Å². The number of likely N-dealkylation sites (N-methyl/N-ethyl adjacent to an activating group) is 1. The number of carbonyl (C=O) groups excluding carboxylic acids is 1. The molecule has 0 spiro atoms. The zero-order valence-electron chi connectivity index (χ0n) is 20.9. The van der Waals surface area contributed by atoms with Gasteiger partial charge in [0.2, 0.25) is 5.88 Å². The van der Waals surface area contributed by atoms with Gasteiger partial charge in [0.1, 0.15) is 17.5 Å². The first-order valence-electron chi connectivity index (χ1n) is 12.6. The van der Waals surface area contributed by atoms with Gasteiger partial charge in [0.05, 0.1) is 12.6 Å². The molecule has 6 nitrogen and oxygen atoms in total. The van der Waals surface area contributed by atoms with E-state index in [2.05, 4.69) is 22.9 Å². The van der Waals surface area contributed by atoms with Gasteiger partial charge >= 0.3 is 0 Å². The van der Waals surface area contributed by atoms with Crippen molar-refractivity contribution in [2.75, 3.05) is 26.7 Å². The molecule has 0 bridgehead atoms. The second-order valence-electron chi connectivity index (χ2n) is 10.0. The minimum Gasteiger partial charge on any atom is -0.472 e. The van der Waals surface area contributed by atoms with Gasteiger partial charge in [-0.2, -0.15) is 0 Å². The zero-order chi connectivity index (χ0) is 24.9. The molecule has 0 saturated carbocycles. The van der Waals surface area contributed by atoms with Crippen molar-refractivity contribution >= 4 is 11.5 Å². The molecule has 7 heteroatoms. The molecule has 1 aromatic carbocycles. The van der Waals surface area contributed by atoms with Gasteiger partial charge in [-0.25, -0.2) is 9.37 Å². The summed E-state index contributed by atoms with van der Waals surface area (Å²) in [6.07, 6.45) is 8.16. The average molecular weight is 482 g/mol. The fourth-order valence-electron chi connectivity index (χ4n) is 4.91. The molecule has 0 radical (unpaired) electrons. The molecule has 1 N–H and O–H groups in total. The van der Waals surface area contributed by atoms with E-state index in [-0.39, 0.29) is 36.4 Å². The van der Waals surface area contributed by atoms with Crippen LogP contribution in [0.4, 0.5) is 4.39 Å². The lowest BCUT2D eigenvalue weighted by Gasteiger charge is -2.37. The van der Waals surface area contributed by atoms with Gasteiger partial charge in [-0.05, 0) is 74.6 Å². The predicted molar refractivity (Wildman–Crippen MR) is 135 cm³/mol. The monoisotopic (exact) mass is 481 g/mol. The van der Waals surface area contributed by atoms with Crippen LogP contribution in [0.5, 0.6) is 5.88 Å². The summed E-state index contributed by atoms with van der Waals surface area (Å²) >= 11 is 0. The van der Waals surface area contributed by atoms with Gasteiger partial charge < -0.3 is 14.7 Å². The maximum absolute atomic E-state index is 13.6. The average Bonchev–Trinajstić information content (AvgIpc) is 2.86. The van der Waals surface area contributed by atoms with Crippen LogP contribution >= 0.6 is 0 Å². The summed E-state index contributed by atoms with van der Waals surface area (Å²) in [5, 5.41) is 9.87. The van der Waals surface area contributed by atoms with Crippen molar-refractivity contribution in [3.63, 3.8) is 0 Å². The van der Waals surface area contributed by atoms with Crippen molar-refractivity contribution in [1.82, 2.24) is 14.8 Å². The summed E-state index contributed by atoms with van der Waals surface area (Å²) in [6, 6.07) is 8.19. The van der Waals surface area contributed by atoms with E-state index in [0.29, 0.717) is 31.1 Å². The van der Waals surface area contributed by atoms with Gasteiger partial charge in [-0.1, -0.05) is 25.1 Å². The van der Waals surface area contributed by atoms with E-state index < -0.39 is 0 Å². The van der Waals surface area contributed by atoms with Crippen LogP contribution in [0.3, 0.4) is 0 Å². The lowest BCUT2D eigenvalue weighted by atomic mass is 9.93. The fourth-order valence-corrected chi connectivity index (χ4v) is 4.91. The molecule has 1 aliphatic carbocycles. The van der Waals surface area contributed by atoms with E-state index in [9.17, 15) is 14.3 Å². The number of pyridine rings is 1. The Bertz CT molecular complexity index is 1070. The van der Waals surface area contributed by atoms with Crippen molar-refractivity contribution in [3.05, 3.63) is 65.1 Å². The van der Waals surface area contributed by atoms with Crippen LogP contribution in [-0.2, 0) is 6.54 Å². The molecule has 0 unspecified atom stereocenters. The van der Waals surface area contributed by atoms with Crippen molar-refractivity contribution in [2.45, 2.75) is 58.2 Å². The van der Waals surface area contributed by atoms with Crippen LogP contribution < -0.4 is 4.74 Å². The van der Waals surface area contributed by atoms with Crippen molar-refractivity contribution in [3.8, 4) is 5.88 Å². The number of aliphatic hydroxyl groups is 1. The Hall–Kier alpha value is -2.77. The molecule has 4 rings (SSSR count). The Morgan fingerprint density at radius 2 is 2.14 bits per heavy atom. The fraction of sp³-hybridized carbons (Fsp3) is 0.500. The molecule has 35 heavy (non-hydrogen) atoms. The quantitative estimate of drug-likeness (QED) is 0.630. The minimum absolute atomic E-state index is 0.00131. The van der Waals surface area contributed by atoms with Crippen LogP contribution in [0.1, 0.15) is 61.0 Å². The Morgan fingerprint density at radius 1 is 1.31 bits per heavy atom. The molecule has 1 amide bonds. The first-order chi connectivity index (χ1) is 16.9. The number of amides is 1. The summed E-state index contributed by atoms with van der Waals surface area (Å²) in [5.74, 6) is -0.0778. The van der Waals surface area contributed by atoms with E-state index >= 15 is 0 Å². The third kappa shape index (κ3) is 6.08. The van der Waals surface area contributed by atoms with Crippen LogP contribution in [0, 0.1) is 11.7 Å². The zero-order valence-corrected chi connectivity index (χ0v) is 20.9. The molecule has 3 atom stereocenters. The summed E-state index contributed by atoms with van der Waals surface area (Å²) in [4.78, 5) is 22.1. The Morgan fingerprint density at radius 3 is 2.86 bits per heavy atom. The van der Waals surface area contributed by atoms with Gasteiger partial charge in [0, 0.05) is 31.7 Å². The second-order valence-corrected chi connectivity index (χ2v) is 10.0. The van der Waals surface area contributed by atoms with Gasteiger partial charge in [0.15, 0.2) is 0 Å². The Balaban J connectivity index is 1.62. The molecule has 0 saturated heterocycles. The number of carbonyl (C=O) groups is 1. The maximum atomic E-state index is 13.6. The number of aliphatic hydroxyl groups excluding tert-OH is 1. The number of halogens is 1. The molecular weight excluding hydrogens is 445 g/mol. The van der Waals surface area contributed by atoms with Crippen molar-refractivity contribution < 1.29 is 19.0 Å².